The number of allylic oxidation sites excluding steroid dienone is 1. The van der Waals surface area contributed by atoms with E-state index in [1.807, 2.05) is 38.4 Å². The van der Waals surface area contributed by atoms with Crippen LogP contribution in [-0.4, -0.2) is 29.7 Å². The van der Waals surface area contributed by atoms with Crippen molar-refractivity contribution in [3.05, 3.63) is 86.9 Å². The van der Waals surface area contributed by atoms with Crippen molar-refractivity contribution in [2.45, 2.75) is 0 Å². The van der Waals surface area contributed by atoms with Crippen molar-refractivity contribution >= 4 is 45.0 Å². The average Bonchev–Trinajstić information content (AvgIpc) is 3.03. The third kappa shape index (κ3) is 4.12. The highest BCUT2D eigenvalue weighted by Crippen LogP contribution is 2.34. The molecular formula is C21H18N2O3S. The van der Waals surface area contributed by atoms with Crippen LogP contribution in [0, 0.1) is 10.1 Å². The number of nitro benzene ring substituents is 1. The van der Waals surface area contributed by atoms with E-state index in [1.54, 1.807) is 41.5 Å². The number of benzene rings is 2. The van der Waals surface area contributed by atoms with Crippen LogP contribution in [0.2, 0.25) is 0 Å². The van der Waals surface area contributed by atoms with Gasteiger partial charge in [-0.15, -0.1) is 11.3 Å². The Morgan fingerprint density at radius 3 is 2.52 bits per heavy atom. The predicted octanol–water partition coefficient (Wildman–Crippen LogP) is 5.24. The molecule has 1 heterocycles. The number of ketones is 1. The molecule has 2 aromatic carbocycles. The first-order valence-electron chi connectivity index (χ1n) is 8.29. The molecule has 0 fully saturated rings. The number of rotatable bonds is 6. The van der Waals surface area contributed by atoms with Crippen molar-refractivity contribution < 1.29 is 9.72 Å². The monoisotopic (exact) mass is 378 g/mol. The molecule has 0 bridgehead atoms. The summed E-state index contributed by atoms with van der Waals surface area (Å²) in [7, 11) is 3.70. The van der Waals surface area contributed by atoms with Crippen molar-refractivity contribution in [2.24, 2.45) is 0 Å². The van der Waals surface area contributed by atoms with E-state index in [-0.39, 0.29) is 11.5 Å². The lowest BCUT2D eigenvalue weighted by Gasteiger charge is -2.03. The van der Waals surface area contributed by atoms with E-state index in [0.29, 0.717) is 11.1 Å². The van der Waals surface area contributed by atoms with Gasteiger partial charge in [0.05, 0.1) is 10.5 Å². The summed E-state index contributed by atoms with van der Waals surface area (Å²) in [5.74, 6) is -0.0941. The van der Waals surface area contributed by atoms with E-state index < -0.39 is 4.92 Å². The molecular weight excluding hydrogens is 360 g/mol. The SMILES string of the molecule is CN(C)/C=C/C(=O)c1c(/C=C/c2ccccc2[N+](=O)[O-])sc2ccccc12. The summed E-state index contributed by atoms with van der Waals surface area (Å²) in [6, 6.07) is 14.3. The maximum atomic E-state index is 12.8. The van der Waals surface area contributed by atoms with Crippen LogP contribution in [0.5, 0.6) is 0 Å². The summed E-state index contributed by atoms with van der Waals surface area (Å²) in [6.45, 7) is 0. The number of carbonyl (C=O) groups is 1. The smallest absolute Gasteiger partial charge is 0.276 e. The molecule has 0 aliphatic rings. The maximum Gasteiger partial charge on any atom is 0.276 e. The van der Waals surface area contributed by atoms with E-state index in [1.165, 1.54) is 23.5 Å². The first-order valence-corrected chi connectivity index (χ1v) is 9.11. The van der Waals surface area contributed by atoms with Crippen LogP contribution in [-0.2, 0) is 0 Å². The Kier molecular flexibility index (Phi) is 5.47. The van der Waals surface area contributed by atoms with Crippen LogP contribution >= 0.6 is 11.3 Å². The van der Waals surface area contributed by atoms with Crippen molar-refractivity contribution in [3.63, 3.8) is 0 Å². The molecule has 3 rings (SSSR count). The van der Waals surface area contributed by atoms with Crippen LogP contribution in [0.15, 0.2) is 60.8 Å². The van der Waals surface area contributed by atoms with Gasteiger partial charge < -0.3 is 4.90 Å². The van der Waals surface area contributed by atoms with Crippen molar-refractivity contribution in [2.75, 3.05) is 14.1 Å². The molecule has 0 unspecified atom stereocenters. The number of thiophene rings is 1. The number of nitrogens with zero attached hydrogens (tertiary/aromatic N) is 2. The number of carbonyl (C=O) groups excluding carboxylic acids is 1. The van der Waals surface area contributed by atoms with Gasteiger partial charge in [-0.25, -0.2) is 0 Å². The Labute approximate surface area is 161 Å². The van der Waals surface area contributed by atoms with Crippen LogP contribution < -0.4 is 0 Å². The Bertz CT molecular complexity index is 1060. The summed E-state index contributed by atoms with van der Waals surface area (Å²) in [6.07, 6.45) is 6.72. The topological polar surface area (TPSA) is 63.5 Å². The first-order chi connectivity index (χ1) is 13.0. The average molecular weight is 378 g/mol. The van der Waals surface area contributed by atoms with E-state index in [4.69, 9.17) is 0 Å². The Morgan fingerprint density at radius 1 is 1.07 bits per heavy atom. The molecule has 0 aliphatic heterocycles. The zero-order valence-corrected chi connectivity index (χ0v) is 15.8. The fourth-order valence-electron chi connectivity index (χ4n) is 2.70. The van der Waals surface area contributed by atoms with E-state index in [2.05, 4.69) is 0 Å². The van der Waals surface area contributed by atoms with Gasteiger partial charge in [0, 0.05) is 53.0 Å². The van der Waals surface area contributed by atoms with Gasteiger partial charge in [0.15, 0.2) is 5.78 Å². The lowest BCUT2D eigenvalue weighted by molar-refractivity contribution is -0.385. The van der Waals surface area contributed by atoms with Gasteiger partial charge in [-0.1, -0.05) is 30.3 Å². The summed E-state index contributed by atoms with van der Waals surface area (Å²) in [5.41, 5.74) is 1.15. The van der Waals surface area contributed by atoms with Gasteiger partial charge in [-0.3, -0.25) is 14.9 Å². The molecule has 0 saturated heterocycles. The van der Waals surface area contributed by atoms with Gasteiger partial charge in [-0.05, 0) is 24.3 Å². The van der Waals surface area contributed by atoms with Gasteiger partial charge in [0.25, 0.3) is 5.69 Å². The molecule has 0 radical (unpaired) electrons. The summed E-state index contributed by atoms with van der Waals surface area (Å²) >= 11 is 1.49. The predicted molar refractivity (Wildman–Crippen MR) is 111 cm³/mol. The zero-order chi connectivity index (χ0) is 19.4. The fraction of sp³-hybridized carbons (Fsp3) is 0.0952. The molecule has 0 amide bonds. The maximum absolute atomic E-state index is 12.8. The minimum Gasteiger partial charge on any atom is -0.383 e. The summed E-state index contributed by atoms with van der Waals surface area (Å²) in [4.78, 5) is 26.2. The number of hydrogen-bond acceptors (Lipinski definition) is 5. The van der Waals surface area contributed by atoms with Crippen LogP contribution in [0.3, 0.4) is 0 Å². The second kappa shape index (κ2) is 7.97. The highest BCUT2D eigenvalue weighted by Gasteiger charge is 2.16. The highest BCUT2D eigenvalue weighted by atomic mass is 32.1. The molecule has 0 saturated carbocycles. The van der Waals surface area contributed by atoms with Crippen LogP contribution in [0.4, 0.5) is 5.69 Å². The largest absolute Gasteiger partial charge is 0.383 e. The van der Waals surface area contributed by atoms with Gasteiger partial charge >= 0.3 is 0 Å². The molecule has 27 heavy (non-hydrogen) atoms. The quantitative estimate of drug-likeness (QED) is 0.255. The zero-order valence-electron chi connectivity index (χ0n) is 15.0. The van der Waals surface area contributed by atoms with E-state index in [0.717, 1.165) is 15.0 Å². The second-order valence-corrected chi connectivity index (χ2v) is 7.21. The first kappa shape index (κ1) is 18.5. The standard InChI is InChI=1S/C21H18N2O3S/c1-22(2)14-13-18(24)21-16-8-4-6-10-19(16)27-20(21)12-11-15-7-3-5-9-17(15)23(25)26/h3-14H,1-2H3/b12-11+,14-13+. The lowest BCUT2D eigenvalue weighted by atomic mass is 10.0. The molecule has 136 valence electrons. The minimum atomic E-state index is -0.406. The Morgan fingerprint density at radius 2 is 1.78 bits per heavy atom. The lowest BCUT2D eigenvalue weighted by Crippen LogP contribution is -2.03. The minimum absolute atomic E-state index is 0.0373. The molecule has 5 nitrogen and oxygen atoms in total. The van der Waals surface area contributed by atoms with E-state index >= 15 is 0 Å². The van der Waals surface area contributed by atoms with Gasteiger partial charge in [0.2, 0.25) is 0 Å². The number of hydrogen-bond donors (Lipinski definition) is 0. The molecule has 0 aliphatic carbocycles. The van der Waals surface area contributed by atoms with Crippen molar-refractivity contribution in [3.8, 4) is 0 Å². The molecule has 0 atom stereocenters. The molecule has 1 aromatic heterocycles. The Balaban J connectivity index is 2.08. The highest BCUT2D eigenvalue weighted by molar-refractivity contribution is 7.20. The van der Waals surface area contributed by atoms with Crippen molar-refractivity contribution in [1.29, 1.82) is 0 Å². The number of nitro groups is 1. The molecule has 3 aromatic rings. The second-order valence-electron chi connectivity index (χ2n) is 6.13. The van der Waals surface area contributed by atoms with Crippen LogP contribution in [0.1, 0.15) is 20.8 Å². The normalized spacial score (nSPS) is 11.5. The van der Waals surface area contributed by atoms with Gasteiger partial charge in [-0.2, -0.15) is 0 Å². The molecule has 6 heteroatoms. The fourth-order valence-corrected chi connectivity index (χ4v) is 3.81. The number of para-hydroxylation sites is 1. The molecule has 0 spiro atoms. The van der Waals surface area contributed by atoms with Crippen molar-refractivity contribution in [1.82, 2.24) is 4.90 Å². The van der Waals surface area contributed by atoms with Crippen LogP contribution in [0.25, 0.3) is 22.2 Å². The van der Waals surface area contributed by atoms with E-state index in [9.17, 15) is 14.9 Å². The third-order valence-electron chi connectivity index (χ3n) is 3.94. The number of fused-ring (bicyclic) bond motifs is 1. The Hall–Kier alpha value is -3.25. The summed E-state index contributed by atoms with van der Waals surface area (Å²) < 4.78 is 1.00. The van der Waals surface area contributed by atoms with Gasteiger partial charge in [0.1, 0.15) is 0 Å². The summed E-state index contributed by atoms with van der Waals surface area (Å²) in [5, 5.41) is 12.1. The third-order valence-corrected chi connectivity index (χ3v) is 5.08. The molecule has 0 N–H and O–H groups in total.